The van der Waals surface area contributed by atoms with Gasteiger partial charge >= 0.3 is 5.97 Å². The molecule has 0 bridgehead atoms. The number of aromatic carboxylic acids is 1. The van der Waals surface area contributed by atoms with Crippen LogP contribution in [0.25, 0.3) is 11.0 Å². The molecular weight excluding hydrogens is 218 g/mol. The quantitative estimate of drug-likeness (QED) is 0.881. The fraction of sp³-hybridized carbons (Fsp3) is 0.417. The Morgan fingerprint density at radius 1 is 1.53 bits per heavy atom. The molecule has 0 fully saturated rings. The van der Waals surface area contributed by atoms with E-state index >= 15 is 0 Å². The molecule has 2 heterocycles. The fourth-order valence-corrected chi connectivity index (χ4v) is 1.83. The number of hydrogen-bond donors (Lipinski definition) is 1. The Balaban J connectivity index is 2.64. The molecule has 0 aliphatic heterocycles. The van der Waals surface area contributed by atoms with E-state index in [0.717, 1.165) is 6.54 Å². The van der Waals surface area contributed by atoms with Crippen LogP contribution in [0.15, 0.2) is 12.3 Å². The summed E-state index contributed by atoms with van der Waals surface area (Å²) in [6.45, 7) is 6.69. The van der Waals surface area contributed by atoms with Gasteiger partial charge < -0.3 is 5.11 Å². The van der Waals surface area contributed by atoms with E-state index in [9.17, 15) is 4.79 Å². The number of hydrogen-bond acceptors (Lipinski definition) is 3. The maximum atomic E-state index is 11.1. The Bertz CT molecular complexity index is 572. The lowest BCUT2D eigenvalue weighted by atomic mass is 10.1. The molecule has 0 amide bonds. The van der Waals surface area contributed by atoms with Crippen molar-refractivity contribution in [2.24, 2.45) is 5.92 Å². The highest BCUT2D eigenvalue weighted by atomic mass is 16.4. The van der Waals surface area contributed by atoms with Crippen molar-refractivity contribution in [1.82, 2.24) is 14.8 Å². The van der Waals surface area contributed by atoms with Gasteiger partial charge in [-0.05, 0) is 18.9 Å². The van der Waals surface area contributed by atoms with Crippen molar-refractivity contribution in [3.63, 3.8) is 0 Å². The summed E-state index contributed by atoms with van der Waals surface area (Å²) < 4.78 is 1.76. The number of carboxylic acids is 1. The Kier molecular flexibility index (Phi) is 2.83. The first-order chi connectivity index (χ1) is 7.99. The van der Waals surface area contributed by atoms with Gasteiger partial charge in [-0.15, -0.1) is 0 Å². The van der Waals surface area contributed by atoms with Gasteiger partial charge in [0.05, 0.1) is 17.1 Å². The molecule has 0 aliphatic carbocycles. The molecule has 0 saturated carbocycles. The molecule has 5 nitrogen and oxygen atoms in total. The minimum Gasteiger partial charge on any atom is -0.478 e. The molecule has 90 valence electrons. The second-order valence-corrected chi connectivity index (χ2v) is 4.57. The molecule has 0 atom stereocenters. The molecule has 2 aromatic rings. The van der Waals surface area contributed by atoms with E-state index in [-0.39, 0.29) is 5.56 Å². The van der Waals surface area contributed by atoms with Crippen LogP contribution in [0.5, 0.6) is 0 Å². The average molecular weight is 233 g/mol. The first-order valence-electron chi connectivity index (χ1n) is 5.55. The van der Waals surface area contributed by atoms with Gasteiger partial charge in [0.25, 0.3) is 0 Å². The second kappa shape index (κ2) is 4.16. The number of carboxylic acid groups (broad SMARTS) is 1. The van der Waals surface area contributed by atoms with Crippen LogP contribution >= 0.6 is 0 Å². The molecule has 2 aromatic heterocycles. The normalized spacial score (nSPS) is 11.3. The number of fused-ring (bicyclic) bond motifs is 1. The van der Waals surface area contributed by atoms with Crippen molar-refractivity contribution < 1.29 is 9.90 Å². The molecule has 0 unspecified atom stereocenters. The summed E-state index contributed by atoms with van der Waals surface area (Å²) >= 11 is 0. The Hall–Kier alpha value is -1.91. The lowest BCUT2D eigenvalue weighted by molar-refractivity contribution is 0.0699. The summed E-state index contributed by atoms with van der Waals surface area (Å²) in [5, 5.41) is 13.9. The summed E-state index contributed by atoms with van der Waals surface area (Å²) in [6, 6.07) is 1.58. The molecular formula is C12H15N3O2. The number of carbonyl (C=O) groups is 1. The highest BCUT2D eigenvalue weighted by Gasteiger charge is 2.14. The molecule has 5 heteroatoms. The number of pyridine rings is 1. The van der Waals surface area contributed by atoms with Gasteiger partial charge in [0, 0.05) is 12.2 Å². The summed E-state index contributed by atoms with van der Waals surface area (Å²) in [5.74, 6) is -0.502. The van der Waals surface area contributed by atoms with Crippen molar-refractivity contribution in [3.05, 3.63) is 23.5 Å². The SMILES string of the molecule is Cc1cc(C(=O)O)c2cnn(CC(C)C)c2n1. The summed E-state index contributed by atoms with van der Waals surface area (Å²) in [7, 11) is 0. The fourth-order valence-electron chi connectivity index (χ4n) is 1.83. The van der Waals surface area contributed by atoms with E-state index in [1.807, 2.05) is 0 Å². The smallest absolute Gasteiger partial charge is 0.336 e. The van der Waals surface area contributed by atoms with Gasteiger partial charge in [-0.3, -0.25) is 0 Å². The zero-order chi connectivity index (χ0) is 12.6. The van der Waals surface area contributed by atoms with Crippen LogP contribution in [0, 0.1) is 12.8 Å². The van der Waals surface area contributed by atoms with Crippen LogP contribution in [-0.4, -0.2) is 25.8 Å². The van der Waals surface area contributed by atoms with Crippen molar-refractivity contribution in [2.45, 2.75) is 27.3 Å². The monoisotopic (exact) mass is 233 g/mol. The molecule has 0 saturated heterocycles. The molecule has 17 heavy (non-hydrogen) atoms. The molecule has 2 rings (SSSR count). The predicted molar refractivity (Wildman–Crippen MR) is 64.1 cm³/mol. The third kappa shape index (κ3) is 2.13. The van der Waals surface area contributed by atoms with E-state index in [0.29, 0.717) is 22.6 Å². The lowest BCUT2D eigenvalue weighted by Gasteiger charge is -2.06. The molecule has 1 N–H and O–H groups in total. The van der Waals surface area contributed by atoms with Gasteiger partial charge in [-0.1, -0.05) is 13.8 Å². The topological polar surface area (TPSA) is 68.0 Å². The van der Waals surface area contributed by atoms with E-state index in [2.05, 4.69) is 23.9 Å². The summed E-state index contributed by atoms with van der Waals surface area (Å²) in [6.07, 6.45) is 1.58. The minimum atomic E-state index is -0.940. The Morgan fingerprint density at radius 3 is 2.82 bits per heavy atom. The predicted octanol–water partition coefficient (Wildman–Crippen LogP) is 2.09. The zero-order valence-electron chi connectivity index (χ0n) is 10.1. The molecule has 0 aliphatic rings. The van der Waals surface area contributed by atoms with Crippen molar-refractivity contribution >= 4 is 17.0 Å². The largest absolute Gasteiger partial charge is 0.478 e. The van der Waals surface area contributed by atoms with Crippen molar-refractivity contribution in [3.8, 4) is 0 Å². The van der Waals surface area contributed by atoms with Crippen LogP contribution in [0.3, 0.4) is 0 Å². The zero-order valence-corrected chi connectivity index (χ0v) is 10.1. The van der Waals surface area contributed by atoms with Crippen LogP contribution in [0.1, 0.15) is 29.9 Å². The Labute approximate surface area is 99.1 Å². The van der Waals surface area contributed by atoms with Crippen molar-refractivity contribution in [1.29, 1.82) is 0 Å². The molecule has 0 spiro atoms. The first-order valence-corrected chi connectivity index (χ1v) is 5.55. The van der Waals surface area contributed by atoms with E-state index in [1.165, 1.54) is 0 Å². The number of nitrogens with zero attached hydrogens (tertiary/aromatic N) is 3. The van der Waals surface area contributed by atoms with Crippen LogP contribution in [-0.2, 0) is 6.54 Å². The third-order valence-corrected chi connectivity index (χ3v) is 2.51. The minimum absolute atomic E-state index is 0.266. The first kappa shape index (κ1) is 11.6. The maximum absolute atomic E-state index is 11.1. The summed E-state index contributed by atoms with van der Waals surface area (Å²) in [5.41, 5.74) is 1.61. The highest BCUT2D eigenvalue weighted by molar-refractivity contribution is 6.01. The van der Waals surface area contributed by atoms with E-state index in [4.69, 9.17) is 5.11 Å². The second-order valence-electron chi connectivity index (χ2n) is 4.57. The Morgan fingerprint density at radius 2 is 2.24 bits per heavy atom. The number of aryl methyl sites for hydroxylation is 1. The standard InChI is InChI=1S/C12H15N3O2/c1-7(2)6-15-11-10(5-13-15)9(12(16)17)4-8(3)14-11/h4-5,7H,6H2,1-3H3,(H,16,17). The van der Waals surface area contributed by atoms with Crippen LogP contribution in [0.2, 0.25) is 0 Å². The van der Waals surface area contributed by atoms with Gasteiger partial charge in [0.2, 0.25) is 0 Å². The van der Waals surface area contributed by atoms with E-state index < -0.39 is 5.97 Å². The highest BCUT2D eigenvalue weighted by Crippen LogP contribution is 2.19. The maximum Gasteiger partial charge on any atom is 0.336 e. The average Bonchev–Trinajstić information content (AvgIpc) is 2.59. The van der Waals surface area contributed by atoms with Gasteiger partial charge in [-0.2, -0.15) is 5.10 Å². The summed E-state index contributed by atoms with van der Waals surface area (Å²) in [4.78, 5) is 15.5. The lowest BCUT2D eigenvalue weighted by Crippen LogP contribution is -2.07. The molecule has 0 radical (unpaired) electrons. The third-order valence-electron chi connectivity index (χ3n) is 2.51. The van der Waals surface area contributed by atoms with E-state index in [1.54, 1.807) is 23.9 Å². The number of aromatic nitrogens is 3. The van der Waals surface area contributed by atoms with Crippen LogP contribution < -0.4 is 0 Å². The van der Waals surface area contributed by atoms with Crippen LogP contribution in [0.4, 0.5) is 0 Å². The van der Waals surface area contributed by atoms with Gasteiger partial charge in [-0.25, -0.2) is 14.5 Å². The number of rotatable bonds is 3. The molecule has 0 aromatic carbocycles. The van der Waals surface area contributed by atoms with Crippen molar-refractivity contribution in [2.75, 3.05) is 0 Å². The van der Waals surface area contributed by atoms with Gasteiger partial charge in [0.15, 0.2) is 5.65 Å². The van der Waals surface area contributed by atoms with Gasteiger partial charge in [0.1, 0.15) is 0 Å².